The maximum Gasteiger partial charge on any atom is 0.254 e. The van der Waals surface area contributed by atoms with E-state index in [0.29, 0.717) is 25.3 Å². The molecule has 1 aliphatic heterocycles. The summed E-state index contributed by atoms with van der Waals surface area (Å²) in [5.74, 6) is 0.801. The second-order valence-electron chi connectivity index (χ2n) is 7.12. The van der Waals surface area contributed by atoms with Crippen LogP contribution in [0.5, 0.6) is 5.75 Å². The van der Waals surface area contributed by atoms with Crippen molar-refractivity contribution in [2.45, 2.75) is 32.1 Å². The lowest BCUT2D eigenvalue weighted by Crippen LogP contribution is -2.37. The maximum absolute atomic E-state index is 13.1. The molecular weight excluding hydrogens is 384 g/mol. The van der Waals surface area contributed by atoms with Gasteiger partial charge in [0, 0.05) is 37.7 Å². The van der Waals surface area contributed by atoms with Gasteiger partial charge in [-0.15, -0.1) is 0 Å². The van der Waals surface area contributed by atoms with Gasteiger partial charge >= 0.3 is 0 Å². The van der Waals surface area contributed by atoms with E-state index in [1.165, 1.54) is 0 Å². The molecule has 1 saturated heterocycles. The number of rotatable bonds is 8. The molecule has 3 aromatic rings. The summed E-state index contributed by atoms with van der Waals surface area (Å²) in [5.41, 5.74) is 2.84. The van der Waals surface area contributed by atoms with E-state index in [9.17, 15) is 4.79 Å². The molecule has 1 aromatic carbocycles. The zero-order valence-electron chi connectivity index (χ0n) is 16.2. The van der Waals surface area contributed by atoms with Crippen molar-refractivity contribution < 1.29 is 14.3 Å². The second-order valence-corrected chi connectivity index (χ2v) is 7.90. The average Bonchev–Trinajstić information content (AvgIpc) is 3.46. The van der Waals surface area contributed by atoms with Gasteiger partial charge in [0.15, 0.2) is 0 Å². The molecule has 1 fully saturated rings. The molecular formula is C23H24N2O3S. The van der Waals surface area contributed by atoms with Crippen LogP contribution in [-0.4, -0.2) is 35.0 Å². The van der Waals surface area contributed by atoms with Crippen molar-refractivity contribution in [1.29, 1.82) is 0 Å². The molecule has 3 heterocycles. The second kappa shape index (κ2) is 9.67. The summed E-state index contributed by atoms with van der Waals surface area (Å²) < 4.78 is 11.7. The summed E-state index contributed by atoms with van der Waals surface area (Å²) in [6.45, 7) is 2.41. The fourth-order valence-corrected chi connectivity index (χ4v) is 4.08. The molecule has 0 radical (unpaired) electrons. The molecule has 0 N–H and O–H groups in total. The van der Waals surface area contributed by atoms with E-state index in [-0.39, 0.29) is 12.0 Å². The van der Waals surface area contributed by atoms with Crippen molar-refractivity contribution in [3.8, 4) is 5.75 Å². The first-order valence-electron chi connectivity index (χ1n) is 9.81. The predicted molar refractivity (Wildman–Crippen MR) is 113 cm³/mol. The van der Waals surface area contributed by atoms with Crippen LogP contribution in [0.3, 0.4) is 0 Å². The minimum Gasteiger partial charge on any atom is -0.489 e. The smallest absolute Gasteiger partial charge is 0.254 e. The first-order chi connectivity index (χ1) is 14.3. The summed E-state index contributed by atoms with van der Waals surface area (Å²) in [6.07, 6.45) is 5.43. The Balaban J connectivity index is 1.47. The summed E-state index contributed by atoms with van der Waals surface area (Å²) in [7, 11) is 0. The highest BCUT2D eigenvalue weighted by Gasteiger charge is 2.23. The summed E-state index contributed by atoms with van der Waals surface area (Å²) in [4.78, 5) is 19.0. The summed E-state index contributed by atoms with van der Waals surface area (Å²) in [6, 6.07) is 13.5. The number of carbonyl (C=O) groups is 1. The van der Waals surface area contributed by atoms with Crippen LogP contribution in [0.4, 0.5) is 0 Å². The zero-order valence-corrected chi connectivity index (χ0v) is 17.0. The van der Waals surface area contributed by atoms with Crippen LogP contribution in [0.2, 0.25) is 0 Å². The van der Waals surface area contributed by atoms with Gasteiger partial charge in [-0.1, -0.05) is 12.1 Å². The van der Waals surface area contributed by atoms with Gasteiger partial charge in [-0.2, -0.15) is 11.3 Å². The highest BCUT2D eigenvalue weighted by atomic mass is 32.1. The van der Waals surface area contributed by atoms with Crippen LogP contribution in [0, 0.1) is 0 Å². The lowest BCUT2D eigenvalue weighted by molar-refractivity contribution is 0.0507. The molecule has 1 aliphatic rings. The van der Waals surface area contributed by atoms with Crippen LogP contribution < -0.4 is 4.74 Å². The van der Waals surface area contributed by atoms with Crippen LogP contribution >= 0.6 is 11.3 Å². The van der Waals surface area contributed by atoms with Crippen molar-refractivity contribution in [3.05, 3.63) is 82.3 Å². The third-order valence-corrected chi connectivity index (χ3v) is 5.65. The van der Waals surface area contributed by atoms with Gasteiger partial charge in [0.2, 0.25) is 0 Å². The number of ether oxygens (including phenoxy) is 2. The highest BCUT2D eigenvalue weighted by Crippen LogP contribution is 2.20. The Kier molecular flexibility index (Phi) is 6.54. The Hall–Kier alpha value is -2.70. The van der Waals surface area contributed by atoms with E-state index >= 15 is 0 Å². The molecule has 2 aromatic heterocycles. The van der Waals surface area contributed by atoms with Gasteiger partial charge in [-0.3, -0.25) is 9.78 Å². The van der Waals surface area contributed by atoms with Crippen LogP contribution in [-0.2, 0) is 17.9 Å². The number of thiophene rings is 1. The number of hydrogen-bond donors (Lipinski definition) is 0. The maximum atomic E-state index is 13.1. The molecule has 0 saturated carbocycles. The molecule has 4 rings (SSSR count). The first-order valence-corrected chi connectivity index (χ1v) is 10.8. The predicted octanol–water partition coefficient (Wildman–Crippen LogP) is 4.54. The topological polar surface area (TPSA) is 51.7 Å². The van der Waals surface area contributed by atoms with Crippen molar-refractivity contribution in [1.82, 2.24) is 9.88 Å². The lowest BCUT2D eigenvalue weighted by atomic mass is 10.1. The van der Waals surface area contributed by atoms with E-state index < -0.39 is 0 Å². The Morgan fingerprint density at radius 3 is 2.86 bits per heavy atom. The molecule has 1 amide bonds. The third kappa shape index (κ3) is 5.43. The van der Waals surface area contributed by atoms with E-state index in [4.69, 9.17) is 9.47 Å². The van der Waals surface area contributed by atoms with E-state index in [1.54, 1.807) is 35.9 Å². The van der Waals surface area contributed by atoms with Crippen molar-refractivity contribution in [2.24, 2.45) is 0 Å². The van der Waals surface area contributed by atoms with Gasteiger partial charge in [0.1, 0.15) is 12.4 Å². The van der Waals surface area contributed by atoms with E-state index in [2.05, 4.69) is 16.4 Å². The summed E-state index contributed by atoms with van der Waals surface area (Å²) in [5, 5.41) is 4.13. The van der Waals surface area contributed by atoms with Crippen molar-refractivity contribution in [2.75, 3.05) is 13.2 Å². The lowest BCUT2D eigenvalue weighted by Gasteiger charge is -2.26. The minimum absolute atomic E-state index is 0.00695. The monoisotopic (exact) mass is 408 g/mol. The number of hydrogen-bond acceptors (Lipinski definition) is 5. The normalized spacial score (nSPS) is 15.9. The van der Waals surface area contributed by atoms with E-state index in [0.717, 1.165) is 36.3 Å². The van der Waals surface area contributed by atoms with Crippen LogP contribution in [0.15, 0.2) is 65.6 Å². The van der Waals surface area contributed by atoms with Gasteiger partial charge in [0.25, 0.3) is 5.91 Å². The molecule has 150 valence electrons. The molecule has 5 nitrogen and oxygen atoms in total. The molecule has 29 heavy (non-hydrogen) atoms. The highest BCUT2D eigenvalue weighted by molar-refractivity contribution is 7.07. The van der Waals surface area contributed by atoms with Crippen LogP contribution in [0.1, 0.15) is 34.3 Å². The molecule has 6 heteroatoms. The molecule has 1 atom stereocenters. The van der Waals surface area contributed by atoms with Gasteiger partial charge in [-0.25, -0.2) is 0 Å². The minimum atomic E-state index is -0.00695. The van der Waals surface area contributed by atoms with Gasteiger partial charge < -0.3 is 14.4 Å². The Bertz CT molecular complexity index is 909. The fraction of sp³-hybridized carbons (Fsp3) is 0.304. The number of pyridine rings is 1. The number of nitrogens with zero attached hydrogens (tertiary/aromatic N) is 2. The number of benzene rings is 1. The average molecular weight is 409 g/mol. The Labute approximate surface area is 174 Å². The number of amides is 1. The Morgan fingerprint density at radius 2 is 2.10 bits per heavy atom. The summed E-state index contributed by atoms with van der Waals surface area (Å²) >= 11 is 1.66. The van der Waals surface area contributed by atoms with Crippen molar-refractivity contribution in [3.63, 3.8) is 0 Å². The SMILES string of the molecule is O=C(c1ccncc1)N(Cc1cccc(OCc2ccsc2)c1)C[C@H]1CCCO1. The molecule has 0 aliphatic carbocycles. The third-order valence-electron chi connectivity index (χ3n) is 4.92. The number of aromatic nitrogens is 1. The number of carbonyl (C=O) groups excluding carboxylic acids is 1. The zero-order chi connectivity index (χ0) is 19.9. The standard InChI is InChI=1S/C23H24N2O3S/c26-23(20-6-9-24-10-7-20)25(15-22-5-2-11-27-22)14-18-3-1-4-21(13-18)28-16-19-8-12-29-17-19/h1,3-4,6-10,12-13,17,22H,2,5,11,14-16H2/t22-/m1/s1. The van der Waals surface area contributed by atoms with Crippen molar-refractivity contribution >= 4 is 17.2 Å². The fourth-order valence-electron chi connectivity index (χ4n) is 3.43. The van der Waals surface area contributed by atoms with Gasteiger partial charge in [0.05, 0.1) is 6.10 Å². The first kappa shape index (κ1) is 19.6. The van der Waals surface area contributed by atoms with Crippen LogP contribution in [0.25, 0.3) is 0 Å². The molecule has 0 bridgehead atoms. The van der Waals surface area contributed by atoms with Gasteiger partial charge in [-0.05, 0) is 65.1 Å². The quantitative estimate of drug-likeness (QED) is 0.549. The molecule has 0 spiro atoms. The molecule has 0 unspecified atom stereocenters. The van der Waals surface area contributed by atoms with E-state index in [1.807, 2.05) is 34.5 Å². The Morgan fingerprint density at radius 1 is 1.21 bits per heavy atom. The largest absolute Gasteiger partial charge is 0.489 e.